The molecular formula is C12H25F3IN3. The minimum absolute atomic E-state index is 0. The van der Waals surface area contributed by atoms with Gasteiger partial charge in [-0.1, -0.05) is 20.8 Å². The number of aliphatic imine (C=N–C) groups is 1. The van der Waals surface area contributed by atoms with Crippen LogP contribution in [0, 0.1) is 5.41 Å². The lowest BCUT2D eigenvalue weighted by molar-refractivity contribution is -0.132. The third kappa shape index (κ3) is 15.7. The van der Waals surface area contributed by atoms with E-state index < -0.39 is 12.6 Å². The molecule has 19 heavy (non-hydrogen) atoms. The number of nitrogens with zero attached hydrogens (tertiary/aromatic N) is 1. The predicted octanol–water partition coefficient (Wildman–Crippen LogP) is 3.55. The Hall–Kier alpha value is -0.210. The van der Waals surface area contributed by atoms with E-state index in [1.165, 1.54) is 0 Å². The molecule has 0 aromatic rings. The third-order valence-corrected chi connectivity index (χ3v) is 2.32. The third-order valence-electron chi connectivity index (χ3n) is 2.32. The minimum Gasteiger partial charge on any atom is -0.356 e. The zero-order chi connectivity index (χ0) is 14.2. The monoisotopic (exact) mass is 395 g/mol. The lowest BCUT2D eigenvalue weighted by Crippen LogP contribution is -2.39. The Labute approximate surface area is 130 Å². The lowest BCUT2D eigenvalue weighted by Gasteiger charge is -2.18. The normalized spacial score (nSPS) is 12.9. The molecule has 0 aliphatic carbocycles. The fourth-order valence-electron chi connectivity index (χ4n) is 1.37. The van der Waals surface area contributed by atoms with Crippen LogP contribution in [0.15, 0.2) is 4.99 Å². The Morgan fingerprint density at radius 2 is 1.53 bits per heavy atom. The molecule has 0 aromatic carbocycles. The van der Waals surface area contributed by atoms with Crippen LogP contribution in [0.4, 0.5) is 13.2 Å². The highest BCUT2D eigenvalue weighted by molar-refractivity contribution is 14.0. The Bertz CT molecular complexity index is 260. The number of hydrogen-bond donors (Lipinski definition) is 2. The van der Waals surface area contributed by atoms with E-state index in [1.54, 1.807) is 7.05 Å². The summed E-state index contributed by atoms with van der Waals surface area (Å²) < 4.78 is 35.8. The van der Waals surface area contributed by atoms with Crippen LogP contribution >= 0.6 is 24.0 Å². The van der Waals surface area contributed by atoms with Crippen LogP contribution in [0.1, 0.15) is 40.0 Å². The first-order chi connectivity index (χ1) is 8.14. The largest absolute Gasteiger partial charge is 0.390 e. The average molecular weight is 395 g/mol. The van der Waals surface area contributed by atoms with Crippen LogP contribution in [0.2, 0.25) is 0 Å². The molecule has 0 rings (SSSR count). The van der Waals surface area contributed by atoms with Gasteiger partial charge in [-0.25, -0.2) is 0 Å². The number of hydrogen-bond acceptors (Lipinski definition) is 1. The predicted molar refractivity (Wildman–Crippen MR) is 84.1 cm³/mol. The summed E-state index contributed by atoms with van der Waals surface area (Å²) in [5.74, 6) is 0.424. The van der Waals surface area contributed by atoms with E-state index in [0.29, 0.717) is 12.5 Å². The van der Waals surface area contributed by atoms with Crippen LogP contribution in [0.5, 0.6) is 0 Å². The number of halogens is 4. The summed E-state index contributed by atoms with van der Waals surface area (Å²) in [6.45, 7) is 7.03. The highest BCUT2D eigenvalue weighted by Crippen LogP contribution is 2.19. The van der Waals surface area contributed by atoms with Crippen LogP contribution in [-0.4, -0.2) is 32.3 Å². The van der Waals surface area contributed by atoms with Gasteiger partial charge in [-0.2, -0.15) is 13.2 Å². The molecule has 0 amide bonds. The van der Waals surface area contributed by atoms with E-state index in [-0.39, 0.29) is 35.9 Å². The van der Waals surface area contributed by atoms with E-state index in [2.05, 4.69) is 36.4 Å². The molecule has 0 aliphatic heterocycles. The lowest BCUT2D eigenvalue weighted by atomic mass is 9.91. The fraction of sp³-hybridized carbons (Fsp3) is 0.917. The van der Waals surface area contributed by atoms with Crippen molar-refractivity contribution in [1.82, 2.24) is 10.6 Å². The maximum Gasteiger partial charge on any atom is 0.390 e. The van der Waals surface area contributed by atoms with Crippen LogP contribution in [-0.2, 0) is 0 Å². The molecule has 0 atom stereocenters. The van der Waals surface area contributed by atoms with Crippen molar-refractivity contribution >= 4 is 29.9 Å². The molecular weight excluding hydrogens is 370 g/mol. The van der Waals surface area contributed by atoms with E-state index >= 15 is 0 Å². The Morgan fingerprint density at radius 3 is 1.95 bits per heavy atom. The van der Waals surface area contributed by atoms with E-state index in [1.807, 2.05) is 0 Å². The molecule has 0 aromatic heterocycles. The van der Waals surface area contributed by atoms with Crippen molar-refractivity contribution in [2.45, 2.75) is 46.2 Å². The van der Waals surface area contributed by atoms with Crippen molar-refractivity contribution in [2.24, 2.45) is 10.4 Å². The second-order valence-electron chi connectivity index (χ2n) is 5.46. The van der Waals surface area contributed by atoms with Crippen LogP contribution in [0.3, 0.4) is 0 Å². The molecule has 0 aliphatic rings. The van der Waals surface area contributed by atoms with E-state index in [9.17, 15) is 13.2 Å². The zero-order valence-electron chi connectivity index (χ0n) is 12.0. The highest BCUT2D eigenvalue weighted by Gasteiger charge is 2.26. The summed E-state index contributed by atoms with van der Waals surface area (Å²) in [6, 6.07) is 0. The van der Waals surface area contributed by atoms with Crippen molar-refractivity contribution in [3.63, 3.8) is 0 Å². The number of alkyl halides is 3. The Kier molecular flexibility index (Phi) is 10.7. The SMILES string of the molecule is CN=C(NCCCC(C)(C)C)NCCC(F)(F)F.I. The number of rotatable bonds is 5. The fourth-order valence-corrected chi connectivity index (χ4v) is 1.37. The summed E-state index contributed by atoms with van der Waals surface area (Å²) in [7, 11) is 1.55. The Balaban J connectivity index is 0. The molecule has 3 nitrogen and oxygen atoms in total. The summed E-state index contributed by atoms with van der Waals surface area (Å²) in [4.78, 5) is 3.87. The molecule has 0 fully saturated rings. The first-order valence-electron chi connectivity index (χ1n) is 6.15. The molecule has 0 heterocycles. The standard InChI is InChI=1S/C12H24F3N3.HI/c1-11(2,3)6-5-8-17-10(16-4)18-9-7-12(13,14)15;/h5-9H2,1-4H3,(H2,16,17,18);1H. The first-order valence-corrected chi connectivity index (χ1v) is 6.15. The Morgan fingerprint density at radius 1 is 1.00 bits per heavy atom. The van der Waals surface area contributed by atoms with Crippen molar-refractivity contribution in [3.05, 3.63) is 0 Å². The van der Waals surface area contributed by atoms with Gasteiger partial charge >= 0.3 is 6.18 Å². The maximum absolute atomic E-state index is 11.9. The highest BCUT2D eigenvalue weighted by atomic mass is 127. The van der Waals surface area contributed by atoms with Crippen molar-refractivity contribution in [1.29, 1.82) is 0 Å². The molecule has 0 bridgehead atoms. The van der Waals surface area contributed by atoms with Gasteiger partial charge in [0.15, 0.2) is 5.96 Å². The second kappa shape index (κ2) is 9.66. The summed E-state index contributed by atoms with van der Waals surface area (Å²) in [5, 5.41) is 5.64. The van der Waals surface area contributed by atoms with Gasteiger partial charge in [0.05, 0.1) is 6.42 Å². The van der Waals surface area contributed by atoms with Gasteiger partial charge in [-0.05, 0) is 18.3 Å². The minimum atomic E-state index is -4.13. The van der Waals surface area contributed by atoms with Crippen molar-refractivity contribution < 1.29 is 13.2 Å². The van der Waals surface area contributed by atoms with E-state index in [0.717, 1.165) is 12.8 Å². The molecule has 2 N–H and O–H groups in total. The summed E-state index contributed by atoms with van der Waals surface area (Å²) >= 11 is 0. The van der Waals surface area contributed by atoms with Crippen LogP contribution in [0.25, 0.3) is 0 Å². The second-order valence-corrected chi connectivity index (χ2v) is 5.46. The summed E-state index contributed by atoms with van der Waals surface area (Å²) in [6.07, 6.45) is -2.96. The summed E-state index contributed by atoms with van der Waals surface area (Å²) in [5.41, 5.74) is 0.273. The molecule has 7 heteroatoms. The maximum atomic E-state index is 11.9. The number of nitrogens with one attached hydrogen (secondary N) is 2. The topological polar surface area (TPSA) is 36.4 Å². The first kappa shape index (κ1) is 21.1. The molecule has 0 spiro atoms. The van der Waals surface area contributed by atoms with Gasteiger partial charge in [-0.3, -0.25) is 4.99 Å². The smallest absolute Gasteiger partial charge is 0.356 e. The van der Waals surface area contributed by atoms with E-state index in [4.69, 9.17) is 0 Å². The molecule has 0 saturated heterocycles. The van der Waals surface area contributed by atoms with Gasteiger partial charge in [0, 0.05) is 20.1 Å². The average Bonchev–Trinajstić information content (AvgIpc) is 2.18. The van der Waals surface area contributed by atoms with Crippen LogP contribution < -0.4 is 10.6 Å². The molecule has 0 saturated carbocycles. The molecule has 0 unspecified atom stereocenters. The van der Waals surface area contributed by atoms with Gasteiger partial charge in [0.1, 0.15) is 0 Å². The zero-order valence-corrected chi connectivity index (χ0v) is 14.4. The molecule has 116 valence electrons. The van der Waals surface area contributed by atoms with Gasteiger partial charge in [0.2, 0.25) is 0 Å². The van der Waals surface area contributed by atoms with Crippen molar-refractivity contribution in [3.8, 4) is 0 Å². The quantitative estimate of drug-likeness (QED) is 0.323. The van der Waals surface area contributed by atoms with Gasteiger partial charge in [0.25, 0.3) is 0 Å². The van der Waals surface area contributed by atoms with Gasteiger partial charge < -0.3 is 10.6 Å². The van der Waals surface area contributed by atoms with Crippen molar-refractivity contribution in [2.75, 3.05) is 20.1 Å². The molecule has 0 radical (unpaired) electrons. The van der Waals surface area contributed by atoms with Gasteiger partial charge in [-0.15, -0.1) is 24.0 Å². The number of guanidine groups is 1.